The molecule has 0 atom stereocenters. The molecule has 0 heterocycles. The fraction of sp³-hybridized carbons (Fsp3) is 1.00. The van der Waals surface area contributed by atoms with Crippen molar-refractivity contribution in [3.63, 3.8) is 0 Å². The van der Waals surface area contributed by atoms with Gasteiger partial charge in [0.2, 0.25) is 0 Å². The van der Waals surface area contributed by atoms with Crippen molar-refractivity contribution in [2.24, 2.45) is 0 Å². The highest BCUT2D eigenvalue weighted by atomic mass is 32.3. The number of rotatable bonds is 7. The second kappa shape index (κ2) is 9.29. The average molecular weight is 482 g/mol. The Morgan fingerprint density at radius 3 is 0.929 bits per heavy atom. The summed E-state index contributed by atoms with van der Waals surface area (Å²) in [4.78, 5) is 2.38. The summed E-state index contributed by atoms with van der Waals surface area (Å²) < 4.78 is 160. The van der Waals surface area contributed by atoms with Crippen molar-refractivity contribution in [2.45, 2.75) is 43.6 Å². The monoisotopic (exact) mass is 482 g/mol. The molecule has 0 aliphatic carbocycles. The zero-order valence-electron chi connectivity index (χ0n) is 14.3. The van der Waals surface area contributed by atoms with E-state index >= 15 is 0 Å². The molecule has 28 heavy (non-hydrogen) atoms. The number of halogens is 10. The quantitative estimate of drug-likeness (QED) is 0.565. The lowest BCUT2D eigenvalue weighted by Crippen LogP contribution is -2.57. The Kier molecular flexibility index (Phi) is 9.73. The third-order valence-corrected chi connectivity index (χ3v) is 6.46. The first-order valence-electron chi connectivity index (χ1n) is 6.94. The fourth-order valence-corrected chi connectivity index (χ4v) is 3.83. The van der Waals surface area contributed by atoms with Gasteiger partial charge in [-0.15, -0.1) is 0 Å². The highest BCUT2D eigenvalue weighted by Crippen LogP contribution is 2.43. The third kappa shape index (κ3) is 6.58. The van der Waals surface area contributed by atoms with Crippen molar-refractivity contribution in [3.8, 4) is 0 Å². The molecule has 1 N–H and O–H groups in total. The van der Waals surface area contributed by atoms with E-state index in [1.54, 1.807) is 0 Å². The molecule has 0 aliphatic heterocycles. The van der Waals surface area contributed by atoms with Crippen molar-refractivity contribution in [1.29, 1.82) is 0 Å². The second-order valence-corrected chi connectivity index (χ2v) is 8.44. The van der Waals surface area contributed by atoms with E-state index in [1.165, 1.54) is 19.6 Å². The van der Waals surface area contributed by atoms with Crippen LogP contribution in [0.4, 0.5) is 43.9 Å². The number of nitrogens with zero attached hydrogens (tertiary/aromatic N) is 1. The van der Waals surface area contributed by atoms with E-state index in [2.05, 4.69) is 25.7 Å². The van der Waals surface area contributed by atoms with Crippen LogP contribution in [0.2, 0.25) is 0 Å². The smallest absolute Gasteiger partial charge is 0.304 e. The van der Waals surface area contributed by atoms with E-state index in [-0.39, 0.29) is 0 Å². The van der Waals surface area contributed by atoms with E-state index in [0.717, 1.165) is 0 Å². The molecule has 0 aliphatic rings. The van der Waals surface area contributed by atoms with E-state index < -0.39 is 47.0 Å². The molecule has 0 rings (SSSR count). The van der Waals surface area contributed by atoms with Crippen LogP contribution in [0.25, 0.3) is 0 Å². The molecule has 0 saturated carbocycles. The minimum absolute atomic E-state index is 0.969. The SMILES string of the molecule is CCN(CC)CC.O=S(=O)(NS(=O)(=O)C(F)(F)C(F)(F)F)C(F)(F)C(F)(F)F. The molecule has 0 amide bonds. The van der Waals surface area contributed by atoms with Crippen molar-refractivity contribution in [2.75, 3.05) is 19.6 Å². The van der Waals surface area contributed by atoms with Gasteiger partial charge in [-0.3, -0.25) is 0 Å². The lowest BCUT2D eigenvalue weighted by molar-refractivity contribution is -0.242. The Morgan fingerprint density at radius 2 is 0.821 bits per heavy atom. The highest BCUT2D eigenvalue weighted by Gasteiger charge is 2.73. The van der Waals surface area contributed by atoms with E-state index in [9.17, 15) is 60.7 Å². The highest BCUT2D eigenvalue weighted by molar-refractivity contribution is 8.05. The molecule has 172 valence electrons. The van der Waals surface area contributed by atoms with Crippen molar-refractivity contribution >= 4 is 20.0 Å². The molecule has 0 fully saturated rings. The van der Waals surface area contributed by atoms with Gasteiger partial charge in [0.15, 0.2) is 0 Å². The van der Waals surface area contributed by atoms with E-state index in [1.807, 2.05) is 0 Å². The maximum absolute atomic E-state index is 12.4. The zero-order valence-corrected chi connectivity index (χ0v) is 15.9. The Bertz CT molecular complexity index is 637. The fourth-order valence-electron chi connectivity index (χ4n) is 1.22. The molecule has 0 aromatic carbocycles. The topological polar surface area (TPSA) is 83.6 Å². The van der Waals surface area contributed by atoms with Gasteiger partial charge in [0.05, 0.1) is 0 Å². The molecule has 0 bridgehead atoms. The molecular formula is C10H16F10N2O4S2. The maximum atomic E-state index is 12.4. The standard InChI is InChI=1S/C6H15N.C4HF10NO4S2/c1-4-7(5-2)6-3;5-1(6,7)3(11,12)20(16,17)15-21(18,19)4(13,14)2(8,9)10/h4-6H2,1-3H3;15H. The first kappa shape index (κ1) is 29.3. The number of sulfonamides is 2. The lowest BCUT2D eigenvalue weighted by atomic mass is 10.5. The van der Waals surface area contributed by atoms with Crippen LogP contribution < -0.4 is 4.13 Å². The molecule has 6 nitrogen and oxygen atoms in total. The Hall–Kier alpha value is -0.880. The van der Waals surface area contributed by atoms with E-state index in [0.29, 0.717) is 0 Å². The summed E-state index contributed by atoms with van der Waals surface area (Å²) in [7, 11) is -15.0. The number of hydrogen-bond donors (Lipinski definition) is 1. The Morgan fingerprint density at radius 1 is 0.607 bits per heavy atom. The Balaban J connectivity index is 0. The summed E-state index contributed by atoms with van der Waals surface area (Å²) in [5.74, 6) is 0. The van der Waals surface area contributed by atoms with Crippen LogP contribution >= 0.6 is 0 Å². The first-order chi connectivity index (χ1) is 12.1. The van der Waals surface area contributed by atoms with Gasteiger partial charge in [-0.2, -0.15) is 43.9 Å². The first-order valence-corrected chi connectivity index (χ1v) is 9.91. The summed E-state index contributed by atoms with van der Waals surface area (Å²) in [6.45, 7) is 10.1. The molecule has 0 saturated heterocycles. The minimum atomic E-state index is -7.49. The lowest BCUT2D eigenvalue weighted by Gasteiger charge is -2.23. The van der Waals surface area contributed by atoms with Gasteiger partial charge in [-0.05, 0) is 19.6 Å². The molecule has 0 radical (unpaired) electrons. The van der Waals surface area contributed by atoms with Crippen LogP contribution in [-0.4, -0.2) is 64.2 Å². The second-order valence-electron chi connectivity index (χ2n) is 4.74. The summed E-state index contributed by atoms with van der Waals surface area (Å²) in [6.07, 6.45) is -13.9. The normalized spacial score (nSPS) is 14.6. The van der Waals surface area contributed by atoms with Gasteiger partial charge < -0.3 is 4.90 Å². The molecule has 0 unspecified atom stereocenters. The van der Waals surface area contributed by atoms with Gasteiger partial charge in [0.25, 0.3) is 20.0 Å². The summed E-state index contributed by atoms with van der Waals surface area (Å²) in [5, 5.41) is -13.9. The number of hydrogen-bond acceptors (Lipinski definition) is 5. The average Bonchev–Trinajstić information content (AvgIpc) is 2.46. The molecular weight excluding hydrogens is 466 g/mol. The predicted octanol–water partition coefficient (Wildman–Crippen LogP) is 2.89. The van der Waals surface area contributed by atoms with Gasteiger partial charge in [0, 0.05) is 0 Å². The maximum Gasteiger partial charge on any atom is 0.471 e. The Labute approximate surface area is 154 Å². The van der Waals surface area contributed by atoms with Crippen LogP contribution in [-0.2, 0) is 20.0 Å². The zero-order chi connectivity index (χ0) is 23.4. The molecule has 18 heteroatoms. The van der Waals surface area contributed by atoms with Crippen molar-refractivity contribution in [1.82, 2.24) is 9.03 Å². The van der Waals surface area contributed by atoms with Gasteiger partial charge in [0.1, 0.15) is 0 Å². The van der Waals surface area contributed by atoms with Crippen molar-refractivity contribution < 1.29 is 60.7 Å². The summed E-state index contributed by atoms with van der Waals surface area (Å²) >= 11 is 0. The minimum Gasteiger partial charge on any atom is -0.304 e. The van der Waals surface area contributed by atoms with Gasteiger partial charge in [-0.1, -0.05) is 24.9 Å². The van der Waals surface area contributed by atoms with Crippen LogP contribution in [0.1, 0.15) is 20.8 Å². The summed E-state index contributed by atoms with van der Waals surface area (Å²) in [5.41, 5.74) is 0. The molecule has 0 aromatic heterocycles. The predicted molar refractivity (Wildman–Crippen MR) is 76.4 cm³/mol. The van der Waals surface area contributed by atoms with Gasteiger partial charge in [-0.25, -0.2) is 16.8 Å². The molecule has 0 spiro atoms. The summed E-state index contributed by atoms with van der Waals surface area (Å²) in [6, 6.07) is 0. The largest absolute Gasteiger partial charge is 0.471 e. The van der Waals surface area contributed by atoms with Crippen LogP contribution in [0, 0.1) is 0 Å². The third-order valence-electron chi connectivity index (χ3n) is 2.90. The van der Waals surface area contributed by atoms with Crippen LogP contribution in [0.3, 0.4) is 0 Å². The van der Waals surface area contributed by atoms with Gasteiger partial charge >= 0.3 is 22.9 Å². The van der Waals surface area contributed by atoms with E-state index in [4.69, 9.17) is 0 Å². The number of alkyl halides is 10. The number of nitrogens with one attached hydrogen (secondary N) is 1. The van der Waals surface area contributed by atoms with Crippen molar-refractivity contribution in [3.05, 3.63) is 0 Å². The molecule has 0 aromatic rings. The van der Waals surface area contributed by atoms with Crippen LogP contribution in [0.5, 0.6) is 0 Å². The van der Waals surface area contributed by atoms with Crippen LogP contribution in [0.15, 0.2) is 0 Å².